The lowest BCUT2D eigenvalue weighted by atomic mass is 10.1. The Bertz CT molecular complexity index is 1060. The molecular weight excluding hydrogens is 422 g/mol. The van der Waals surface area contributed by atoms with Crippen LogP contribution in [0.5, 0.6) is 11.5 Å². The predicted octanol–water partition coefficient (Wildman–Crippen LogP) is 5.95. The monoisotopic (exact) mass is 450 g/mol. The highest BCUT2D eigenvalue weighted by molar-refractivity contribution is 7.16. The Morgan fingerprint density at radius 3 is 2.58 bits per heavy atom. The number of phenolic OH excluding ortho intramolecular Hbond substituents is 1. The average molecular weight is 451 g/mol. The minimum atomic E-state index is -3.20. The number of hydrogen-bond acceptors (Lipinski definition) is 5. The summed E-state index contributed by atoms with van der Waals surface area (Å²) in [7, 11) is 0. The summed E-state index contributed by atoms with van der Waals surface area (Å²) in [6.45, 7) is 4.01. The zero-order valence-corrected chi connectivity index (χ0v) is 18.6. The first-order chi connectivity index (χ1) is 14.9. The molecule has 0 aliphatic heterocycles. The third-order valence-electron chi connectivity index (χ3n) is 5.14. The molecule has 0 fully saturated rings. The lowest BCUT2D eigenvalue weighted by Gasteiger charge is -2.20. The van der Waals surface area contributed by atoms with Crippen molar-refractivity contribution in [2.24, 2.45) is 0 Å². The molecular formula is C23H28F2N2O3S. The van der Waals surface area contributed by atoms with Gasteiger partial charge in [0.1, 0.15) is 17.0 Å². The number of aromatic hydroxyl groups is 1. The van der Waals surface area contributed by atoms with Crippen LogP contribution in [0.15, 0.2) is 41.2 Å². The van der Waals surface area contributed by atoms with Crippen molar-refractivity contribution in [3.8, 4) is 11.5 Å². The number of aromatic nitrogens is 1. The Balaban J connectivity index is 1.92. The lowest BCUT2D eigenvalue weighted by Crippen LogP contribution is -2.23. The molecule has 0 atom stereocenters. The van der Waals surface area contributed by atoms with Gasteiger partial charge >= 0.3 is 10.8 Å². The first-order valence-electron chi connectivity index (χ1n) is 10.6. The predicted molar refractivity (Wildman–Crippen MR) is 122 cm³/mol. The van der Waals surface area contributed by atoms with Gasteiger partial charge in [0.25, 0.3) is 0 Å². The third kappa shape index (κ3) is 5.18. The van der Waals surface area contributed by atoms with E-state index in [0.717, 1.165) is 37.0 Å². The molecule has 2 N–H and O–H groups in total. The molecule has 1 heterocycles. The quantitative estimate of drug-likeness (QED) is 0.280. The van der Waals surface area contributed by atoms with Crippen molar-refractivity contribution in [3.05, 3.63) is 51.6 Å². The first kappa shape index (κ1) is 23.1. The van der Waals surface area contributed by atoms with E-state index in [0.29, 0.717) is 23.3 Å². The Kier molecular flexibility index (Phi) is 7.54. The summed E-state index contributed by atoms with van der Waals surface area (Å²) in [6.07, 6.45) is 4.08. The fourth-order valence-corrected chi connectivity index (χ4v) is 4.45. The van der Waals surface area contributed by atoms with Crippen LogP contribution < -0.4 is 14.9 Å². The van der Waals surface area contributed by atoms with Crippen LogP contribution in [0.2, 0.25) is 0 Å². The fourth-order valence-electron chi connectivity index (χ4n) is 3.46. The van der Waals surface area contributed by atoms with E-state index in [4.69, 9.17) is 4.74 Å². The van der Waals surface area contributed by atoms with Gasteiger partial charge in [-0.1, -0.05) is 67.9 Å². The van der Waals surface area contributed by atoms with Crippen molar-refractivity contribution in [2.75, 3.05) is 18.5 Å². The second-order valence-corrected chi connectivity index (χ2v) is 8.40. The number of rotatable bonds is 11. The second kappa shape index (κ2) is 10.1. The number of alkyl halides is 2. The highest BCUT2D eigenvalue weighted by Gasteiger charge is 2.33. The van der Waals surface area contributed by atoms with Crippen LogP contribution in [0.25, 0.3) is 10.2 Å². The van der Waals surface area contributed by atoms with Crippen molar-refractivity contribution in [3.63, 3.8) is 0 Å². The molecule has 1 aromatic heterocycles. The summed E-state index contributed by atoms with van der Waals surface area (Å²) >= 11 is 0.957. The number of halogens is 2. The number of ether oxygens (including phenoxy) is 1. The smallest absolute Gasteiger partial charge is 0.308 e. The molecule has 31 heavy (non-hydrogen) atoms. The summed E-state index contributed by atoms with van der Waals surface area (Å²) < 4.78 is 36.8. The SMILES string of the molecule is CCCCCCNc1c(OCC(F)(F)c2ccccc2)cc2sc(=O)n(CC)c2c1O. The second-order valence-electron chi connectivity index (χ2n) is 7.40. The van der Waals surface area contributed by atoms with Gasteiger partial charge in [-0.05, 0) is 13.3 Å². The molecule has 0 unspecified atom stereocenters. The topological polar surface area (TPSA) is 63.5 Å². The highest BCUT2D eigenvalue weighted by atomic mass is 32.1. The van der Waals surface area contributed by atoms with Gasteiger partial charge in [-0.25, -0.2) is 0 Å². The van der Waals surface area contributed by atoms with Gasteiger partial charge in [0, 0.05) is 24.7 Å². The molecule has 0 aliphatic rings. The van der Waals surface area contributed by atoms with Crippen LogP contribution in [-0.4, -0.2) is 22.8 Å². The van der Waals surface area contributed by atoms with Gasteiger partial charge in [0.05, 0.1) is 4.70 Å². The maximum absolute atomic E-state index is 14.6. The zero-order chi connectivity index (χ0) is 22.4. The van der Waals surface area contributed by atoms with E-state index in [2.05, 4.69) is 12.2 Å². The van der Waals surface area contributed by atoms with Gasteiger partial charge in [-0.2, -0.15) is 8.78 Å². The largest absolute Gasteiger partial charge is 0.504 e. The molecule has 0 aliphatic carbocycles. The average Bonchev–Trinajstić information content (AvgIpc) is 3.09. The van der Waals surface area contributed by atoms with E-state index < -0.39 is 12.5 Å². The van der Waals surface area contributed by atoms with Gasteiger partial charge < -0.3 is 15.2 Å². The van der Waals surface area contributed by atoms with Crippen molar-refractivity contribution in [1.82, 2.24) is 4.57 Å². The summed E-state index contributed by atoms with van der Waals surface area (Å²) in [5, 5.41) is 14.1. The molecule has 0 spiro atoms. The number of nitrogens with zero attached hydrogens (tertiary/aromatic N) is 1. The van der Waals surface area contributed by atoms with Gasteiger partial charge in [0.15, 0.2) is 12.4 Å². The first-order valence-corrected chi connectivity index (χ1v) is 11.4. The molecule has 0 bridgehead atoms. The number of unbranched alkanes of at least 4 members (excludes halogenated alkanes) is 3. The Morgan fingerprint density at radius 1 is 1.16 bits per heavy atom. The molecule has 0 saturated heterocycles. The summed E-state index contributed by atoms with van der Waals surface area (Å²) in [5.41, 5.74) is 0.500. The molecule has 0 radical (unpaired) electrons. The summed E-state index contributed by atoms with van der Waals surface area (Å²) in [4.78, 5) is 12.1. The maximum atomic E-state index is 14.6. The molecule has 3 rings (SSSR count). The van der Waals surface area contributed by atoms with Crippen LogP contribution in [0, 0.1) is 0 Å². The van der Waals surface area contributed by atoms with E-state index >= 15 is 0 Å². The van der Waals surface area contributed by atoms with Gasteiger partial charge in [-0.3, -0.25) is 9.36 Å². The van der Waals surface area contributed by atoms with E-state index in [1.165, 1.54) is 16.7 Å². The van der Waals surface area contributed by atoms with E-state index in [-0.39, 0.29) is 27.6 Å². The molecule has 2 aromatic carbocycles. The van der Waals surface area contributed by atoms with Gasteiger partial charge in [-0.15, -0.1) is 0 Å². The molecule has 3 aromatic rings. The molecule has 0 saturated carbocycles. The summed E-state index contributed by atoms with van der Waals surface area (Å²) in [5.74, 6) is -3.24. The van der Waals surface area contributed by atoms with Crippen LogP contribution in [0.4, 0.5) is 14.5 Å². The summed E-state index contributed by atoms with van der Waals surface area (Å²) in [6, 6.07) is 9.04. The number of benzene rings is 2. The number of fused-ring (bicyclic) bond motifs is 1. The Morgan fingerprint density at radius 2 is 1.90 bits per heavy atom. The van der Waals surface area contributed by atoms with Gasteiger partial charge in [0.2, 0.25) is 0 Å². The number of anilines is 1. The Labute approximate surface area is 184 Å². The van der Waals surface area contributed by atoms with E-state index in [1.807, 2.05) is 6.92 Å². The molecule has 8 heteroatoms. The third-order valence-corrected chi connectivity index (χ3v) is 6.07. The number of aryl methyl sites for hydroxylation is 1. The van der Waals surface area contributed by atoms with Crippen LogP contribution >= 0.6 is 11.3 Å². The van der Waals surface area contributed by atoms with E-state index in [1.54, 1.807) is 24.3 Å². The normalized spacial score (nSPS) is 11.7. The van der Waals surface area contributed by atoms with Crippen LogP contribution in [-0.2, 0) is 12.5 Å². The molecule has 5 nitrogen and oxygen atoms in total. The standard InChI is InChI=1S/C23H28F2N2O3S/c1-3-5-6-10-13-26-19-17(30-15-23(24,25)16-11-8-7-9-12-16)14-18-20(21(19)28)27(4-2)22(29)31-18/h7-9,11-12,14,26,28H,3-6,10,13,15H2,1-2H3. The minimum absolute atomic E-state index is 0.112. The van der Waals surface area contributed by atoms with Crippen LogP contribution in [0.1, 0.15) is 45.1 Å². The minimum Gasteiger partial charge on any atom is -0.504 e. The highest BCUT2D eigenvalue weighted by Crippen LogP contribution is 2.42. The molecule has 0 amide bonds. The maximum Gasteiger partial charge on any atom is 0.308 e. The fraction of sp³-hybridized carbons (Fsp3) is 0.435. The number of phenols is 1. The lowest BCUT2D eigenvalue weighted by molar-refractivity contribution is -0.0465. The van der Waals surface area contributed by atoms with Crippen molar-refractivity contribution < 1.29 is 18.6 Å². The number of thiazole rings is 1. The Hall–Kier alpha value is -2.61. The van der Waals surface area contributed by atoms with Crippen molar-refractivity contribution in [1.29, 1.82) is 0 Å². The zero-order valence-electron chi connectivity index (χ0n) is 17.8. The molecule has 168 valence electrons. The van der Waals surface area contributed by atoms with Crippen molar-refractivity contribution >= 4 is 27.2 Å². The van der Waals surface area contributed by atoms with Crippen molar-refractivity contribution in [2.45, 2.75) is 52.0 Å². The number of nitrogens with one attached hydrogen (secondary N) is 1. The van der Waals surface area contributed by atoms with E-state index in [9.17, 15) is 18.7 Å². The number of hydrogen-bond donors (Lipinski definition) is 2. The van der Waals surface area contributed by atoms with Crippen LogP contribution in [0.3, 0.4) is 0 Å².